The second-order valence-electron chi connectivity index (χ2n) is 15.9. The van der Waals surface area contributed by atoms with E-state index in [0.717, 1.165) is 58.2 Å². The molecule has 2 fully saturated rings. The molecule has 53 heavy (non-hydrogen) atoms. The Morgan fingerprint density at radius 1 is 0.717 bits per heavy atom. The summed E-state index contributed by atoms with van der Waals surface area (Å²) < 4.78 is 40.3. The van der Waals surface area contributed by atoms with Crippen LogP contribution in [0.25, 0.3) is 0 Å². The Hall–Kier alpha value is -0.760. The summed E-state index contributed by atoms with van der Waals surface area (Å²) in [6.45, 7) is 6.81. The molecule has 2 rings (SSSR count). The Morgan fingerprint density at radius 3 is 1.64 bits per heavy atom. The molecule has 0 aromatic heterocycles. The zero-order valence-electron chi connectivity index (χ0n) is 33.5. The number of allylic oxidation sites excluding steroid dienone is 1. The Balaban J connectivity index is 0.000000561. The largest absolute Gasteiger partial charge is 0.394 e. The van der Waals surface area contributed by atoms with Crippen LogP contribution in [0.3, 0.4) is 0 Å². The molecular formula is C42H81F2NO8. The third kappa shape index (κ3) is 25.2. The van der Waals surface area contributed by atoms with Gasteiger partial charge in [0.05, 0.1) is 38.1 Å². The first-order valence-corrected chi connectivity index (χ1v) is 21.5. The number of nitrogens with two attached hydrogens (primary N) is 1. The molecular weight excluding hydrogens is 684 g/mol. The molecule has 9 nitrogen and oxygen atoms in total. The Bertz CT molecular complexity index is 850. The molecule has 0 spiro atoms. The lowest BCUT2D eigenvalue weighted by Crippen LogP contribution is -2.59. The zero-order valence-corrected chi connectivity index (χ0v) is 33.5. The van der Waals surface area contributed by atoms with Crippen molar-refractivity contribution in [1.82, 2.24) is 0 Å². The van der Waals surface area contributed by atoms with Crippen molar-refractivity contribution in [1.29, 1.82) is 0 Å². The van der Waals surface area contributed by atoms with Crippen LogP contribution in [-0.2, 0) is 14.2 Å². The van der Waals surface area contributed by atoms with Gasteiger partial charge in [0.25, 0.3) is 6.43 Å². The minimum atomic E-state index is -2.34. The maximum atomic E-state index is 12.2. The molecule has 0 radical (unpaired) electrons. The Morgan fingerprint density at radius 2 is 1.19 bits per heavy atom. The number of alkyl halides is 2. The maximum absolute atomic E-state index is 12.2. The van der Waals surface area contributed by atoms with E-state index >= 15 is 0 Å². The van der Waals surface area contributed by atoms with Gasteiger partial charge < -0.3 is 45.5 Å². The number of hydrogen-bond acceptors (Lipinski definition) is 9. The van der Waals surface area contributed by atoms with Crippen LogP contribution in [0.4, 0.5) is 8.78 Å². The molecule has 0 aromatic carbocycles. The van der Waals surface area contributed by atoms with Gasteiger partial charge >= 0.3 is 0 Å². The van der Waals surface area contributed by atoms with E-state index in [-0.39, 0.29) is 17.7 Å². The van der Waals surface area contributed by atoms with E-state index in [0.29, 0.717) is 12.8 Å². The van der Waals surface area contributed by atoms with Gasteiger partial charge in [-0.1, -0.05) is 155 Å². The van der Waals surface area contributed by atoms with Crippen LogP contribution in [-0.4, -0.2) is 101 Å². The summed E-state index contributed by atoms with van der Waals surface area (Å²) in [4.78, 5) is 0. The first-order chi connectivity index (χ1) is 25.5. The quantitative estimate of drug-likeness (QED) is 0.0286. The highest BCUT2D eigenvalue weighted by Gasteiger charge is 2.44. The third-order valence-electron chi connectivity index (χ3n) is 10.7. The van der Waals surface area contributed by atoms with Crippen molar-refractivity contribution in [3.05, 3.63) is 12.2 Å². The molecule has 0 aromatic rings. The predicted octanol–water partition coefficient (Wildman–Crippen LogP) is 8.25. The molecule has 316 valence electrons. The van der Waals surface area contributed by atoms with E-state index < -0.39 is 49.8 Å². The van der Waals surface area contributed by atoms with Gasteiger partial charge in [-0.2, -0.15) is 0 Å². The summed E-state index contributed by atoms with van der Waals surface area (Å²) in [5.41, 5.74) is 6.16. The van der Waals surface area contributed by atoms with E-state index in [9.17, 15) is 34.3 Å². The number of aliphatic hydroxyl groups is 5. The van der Waals surface area contributed by atoms with Gasteiger partial charge in [0.1, 0.15) is 24.4 Å². The van der Waals surface area contributed by atoms with Crippen molar-refractivity contribution in [2.75, 3.05) is 26.4 Å². The first kappa shape index (κ1) is 50.3. The maximum Gasteiger partial charge on any atom is 0.259 e. The van der Waals surface area contributed by atoms with Crippen molar-refractivity contribution in [2.45, 2.75) is 229 Å². The fourth-order valence-electron chi connectivity index (χ4n) is 6.93. The number of unbranched alkanes of at least 4 members (excludes halogenated alkanes) is 21. The minimum absolute atomic E-state index is 0.0182. The number of halogens is 2. The third-order valence-corrected chi connectivity index (χ3v) is 10.7. The topological polar surface area (TPSA) is 155 Å². The SMILES string of the molecule is C=C(CCCCCCCCCCCCC1(N)COC1)C(F)F.CCCCCCCCCCCCCCCC(O)CCOC1OC(CO)C(O)C(O)C1O. The smallest absolute Gasteiger partial charge is 0.259 e. The molecule has 0 aliphatic carbocycles. The van der Waals surface area contributed by atoms with Gasteiger partial charge in [-0.05, 0) is 37.7 Å². The van der Waals surface area contributed by atoms with Crippen LogP contribution in [0.1, 0.15) is 180 Å². The fourth-order valence-corrected chi connectivity index (χ4v) is 6.93. The highest BCUT2D eigenvalue weighted by atomic mass is 19.3. The highest BCUT2D eigenvalue weighted by molar-refractivity contribution is 4.96. The van der Waals surface area contributed by atoms with Crippen molar-refractivity contribution >= 4 is 0 Å². The summed E-state index contributed by atoms with van der Waals surface area (Å²) in [6.07, 6.45) is 22.3. The van der Waals surface area contributed by atoms with Crippen molar-refractivity contribution in [2.24, 2.45) is 5.73 Å². The molecule has 0 amide bonds. The molecule has 2 heterocycles. The van der Waals surface area contributed by atoms with Gasteiger partial charge in [-0.3, -0.25) is 0 Å². The van der Waals surface area contributed by atoms with Crippen molar-refractivity contribution < 1.29 is 48.5 Å². The molecule has 0 bridgehead atoms. The Kier molecular flexibility index (Phi) is 30.7. The van der Waals surface area contributed by atoms with Crippen LogP contribution in [0.15, 0.2) is 12.2 Å². The summed E-state index contributed by atoms with van der Waals surface area (Å²) >= 11 is 0. The van der Waals surface area contributed by atoms with E-state index in [4.69, 9.17) is 19.9 Å². The van der Waals surface area contributed by atoms with E-state index in [1.807, 2.05) is 0 Å². The van der Waals surface area contributed by atoms with Gasteiger partial charge in [0.15, 0.2) is 6.29 Å². The summed E-state index contributed by atoms with van der Waals surface area (Å²) in [5.74, 6) is 0. The monoisotopic (exact) mass is 766 g/mol. The number of hydrogen-bond donors (Lipinski definition) is 6. The lowest BCUT2D eigenvalue weighted by atomic mass is 9.91. The highest BCUT2D eigenvalue weighted by Crippen LogP contribution is 2.24. The summed E-state index contributed by atoms with van der Waals surface area (Å²) in [5, 5.41) is 48.7. The summed E-state index contributed by atoms with van der Waals surface area (Å²) in [7, 11) is 0. The van der Waals surface area contributed by atoms with Crippen LogP contribution in [0, 0.1) is 0 Å². The van der Waals surface area contributed by atoms with Gasteiger partial charge in [0, 0.05) is 0 Å². The molecule has 6 atom stereocenters. The lowest BCUT2D eigenvalue weighted by molar-refractivity contribution is -0.301. The average Bonchev–Trinajstić information content (AvgIpc) is 3.13. The first-order valence-electron chi connectivity index (χ1n) is 21.5. The van der Waals surface area contributed by atoms with Crippen LogP contribution in [0.2, 0.25) is 0 Å². The second kappa shape index (κ2) is 32.3. The molecule has 2 saturated heterocycles. The van der Waals surface area contributed by atoms with E-state index in [1.54, 1.807) is 0 Å². The molecule has 2 aliphatic rings. The standard InChI is InChI=1S/C24H48O7.C18H33F2NO/c1-2-3-4-5-6-7-8-9-10-11-12-13-14-15-19(26)16-17-30-24-23(29)22(28)21(27)20(18-25)31-24;1-16(17(19)20)12-10-8-6-4-2-3-5-7-9-11-13-18(21)14-22-15-18/h19-29H,2-18H2,1H3;17H,1-15,21H2. The van der Waals surface area contributed by atoms with Crippen LogP contribution >= 0.6 is 0 Å². The number of ether oxygens (including phenoxy) is 3. The van der Waals surface area contributed by atoms with E-state index in [2.05, 4.69) is 13.5 Å². The predicted molar refractivity (Wildman–Crippen MR) is 209 cm³/mol. The molecule has 6 unspecified atom stereocenters. The van der Waals surface area contributed by atoms with Gasteiger partial charge in [-0.25, -0.2) is 8.78 Å². The van der Waals surface area contributed by atoms with E-state index in [1.165, 1.54) is 116 Å². The minimum Gasteiger partial charge on any atom is -0.394 e. The molecule has 0 saturated carbocycles. The van der Waals surface area contributed by atoms with Crippen molar-refractivity contribution in [3.63, 3.8) is 0 Å². The molecule has 11 heteroatoms. The van der Waals surface area contributed by atoms with Crippen LogP contribution in [0.5, 0.6) is 0 Å². The number of rotatable bonds is 33. The Labute approximate surface area is 321 Å². The van der Waals surface area contributed by atoms with Gasteiger partial charge in [-0.15, -0.1) is 0 Å². The van der Waals surface area contributed by atoms with Gasteiger partial charge in [0.2, 0.25) is 0 Å². The summed E-state index contributed by atoms with van der Waals surface area (Å²) in [6, 6.07) is 0. The normalized spacial score (nSPS) is 23.0. The molecule has 2 aliphatic heterocycles. The lowest BCUT2D eigenvalue weighted by Gasteiger charge is -2.39. The molecule has 7 N–H and O–H groups in total. The average molecular weight is 766 g/mol. The zero-order chi connectivity index (χ0) is 39.2. The van der Waals surface area contributed by atoms with Crippen molar-refractivity contribution in [3.8, 4) is 0 Å². The fraction of sp³-hybridized carbons (Fsp3) is 0.952. The number of aliphatic hydroxyl groups excluding tert-OH is 5. The van der Waals surface area contributed by atoms with Crippen LogP contribution < -0.4 is 5.73 Å². The second-order valence-corrected chi connectivity index (χ2v) is 15.9.